The number of nitrogens with one attached hydrogen (secondary N) is 1. The summed E-state index contributed by atoms with van der Waals surface area (Å²) >= 11 is 0. The third-order valence-corrected chi connectivity index (χ3v) is 6.86. The molecular weight excluding hydrogens is 503 g/mol. The largest absolute Gasteiger partial charge is 0.497 e. The fourth-order valence-electron chi connectivity index (χ4n) is 4.81. The van der Waals surface area contributed by atoms with Gasteiger partial charge in [-0.25, -0.2) is 4.39 Å². The average Bonchev–Trinajstić information content (AvgIpc) is 2.93. The number of hydrogen-bond acceptors (Lipinski definition) is 5. The quantitative estimate of drug-likeness (QED) is 0.306. The minimum absolute atomic E-state index is 0.133. The van der Waals surface area contributed by atoms with Gasteiger partial charge in [-0.15, -0.1) is 0 Å². The van der Waals surface area contributed by atoms with Crippen LogP contribution in [-0.4, -0.2) is 19.4 Å². The van der Waals surface area contributed by atoms with Crippen molar-refractivity contribution in [2.75, 3.05) is 19.0 Å². The number of Topliss-reactive ketones (excluding diaryl/α,β-unsaturated/α-hetero) is 1. The van der Waals surface area contributed by atoms with Crippen LogP contribution in [0.1, 0.15) is 52.0 Å². The lowest BCUT2D eigenvalue weighted by Crippen LogP contribution is -2.16. The Morgan fingerprint density at radius 1 is 1.15 bits per heavy atom. The summed E-state index contributed by atoms with van der Waals surface area (Å²) in [5, 5.41) is 3.22. The zero-order valence-corrected chi connectivity index (χ0v) is 23.4. The van der Waals surface area contributed by atoms with Gasteiger partial charge in [-0.05, 0) is 86.2 Å². The molecule has 3 N–H and O–H groups in total. The Morgan fingerprint density at radius 2 is 1.88 bits per heavy atom. The SMILES string of the molecule is C=C(N)/C1=C/Cc2cc(/C=C\C)c(/C=C\C)cc2Oc2c(C)c(cc(F)c2NCCc2cccc(OC)c2)C1=O. The number of carbonyl (C=O) groups is 1. The van der Waals surface area contributed by atoms with Gasteiger partial charge < -0.3 is 20.5 Å². The highest BCUT2D eigenvalue weighted by Gasteiger charge is 2.26. The van der Waals surface area contributed by atoms with E-state index in [2.05, 4.69) is 11.9 Å². The molecule has 206 valence electrons. The van der Waals surface area contributed by atoms with E-state index in [1.165, 1.54) is 6.07 Å². The predicted octanol–water partition coefficient (Wildman–Crippen LogP) is 7.79. The minimum Gasteiger partial charge on any atom is -0.497 e. The molecule has 40 heavy (non-hydrogen) atoms. The van der Waals surface area contributed by atoms with Crippen LogP contribution in [0, 0.1) is 12.7 Å². The number of nitrogens with two attached hydrogens (primary N) is 1. The zero-order valence-electron chi connectivity index (χ0n) is 23.4. The molecule has 0 aliphatic carbocycles. The van der Waals surface area contributed by atoms with Gasteiger partial charge in [-0.1, -0.05) is 49.1 Å². The Balaban J connectivity index is 1.84. The Hall–Kier alpha value is -4.58. The van der Waals surface area contributed by atoms with Crippen LogP contribution >= 0.6 is 0 Å². The van der Waals surface area contributed by atoms with Crippen molar-refractivity contribution in [2.24, 2.45) is 5.73 Å². The smallest absolute Gasteiger partial charge is 0.195 e. The monoisotopic (exact) mass is 538 g/mol. The fraction of sp³-hybridized carbons (Fsp3) is 0.206. The molecule has 1 aliphatic heterocycles. The van der Waals surface area contributed by atoms with Gasteiger partial charge in [0, 0.05) is 28.9 Å². The van der Waals surface area contributed by atoms with Crippen molar-refractivity contribution in [3.63, 3.8) is 0 Å². The van der Waals surface area contributed by atoms with Crippen LogP contribution in [0.4, 0.5) is 10.1 Å². The second-order valence-corrected chi connectivity index (χ2v) is 9.63. The van der Waals surface area contributed by atoms with Gasteiger partial charge in [-0.3, -0.25) is 4.79 Å². The highest BCUT2D eigenvalue weighted by Crippen LogP contribution is 2.41. The maximum atomic E-state index is 15.7. The van der Waals surface area contributed by atoms with E-state index in [9.17, 15) is 4.79 Å². The molecule has 0 radical (unpaired) electrons. The Morgan fingerprint density at radius 3 is 2.55 bits per heavy atom. The van der Waals surface area contributed by atoms with Gasteiger partial charge >= 0.3 is 0 Å². The molecule has 4 rings (SSSR count). The normalized spacial score (nSPS) is 14.4. The van der Waals surface area contributed by atoms with Crippen molar-refractivity contribution in [1.82, 2.24) is 0 Å². The second kappa shape index (κ2) is 12.5. The van der Waals surface area contributed by atoms with Crippen molar-refractivity contribution in [3.8, 4) is 17.2 Å². The van der Waals surface area contributed by atoms with Gasteiger partial charge in [0.05, 0.1) is 7.11 Å². The van der Waals surface area contributed by atoms with E-state index in [4.69, 9.17) is 15.2 Å². The average molecular weight is 539 g/mol. The van der Waals surface area contributed by atoms with E-state index in [1.807, 2.05) is 74.5 Å². The van der Waals surface area contributed by atoms with Crippen LogP contribution in [0.15, 0.2) is 78.5 Å². The van der Waals surface area contributed by atoms with E-state index < -0.39 is 5.82 Å². The number of carbonyl (C=O) groups excluding carboxylic acids is 1. The number of rotatable bonds is 8. The number of benzene rings is 3. The maximum Gasteiger partial charge on any atom is 0.195 e. The lowest BCUT2D eigenvalue weighted by Gasteiger charge is -2.22. The molecule has 1 heterocycles. The first kappa shape index (κ1) is 28.4. The second-order valence-electron chi connectivity index (χ2n) is 9.63. The van der Waals surface area contributed by atoms with Gasteiger partial charge in [-0.2, -0.15) is 0 Å². The third-order valence-electron chi connectivity index (χ3n) is 6.86. The number of ether oxygens (including phenoxy) is 2. The molecule has 0 atom stereocenters. The third kappa shape index (κ3) is 6.01. The number of anilines is 1. The summed E-state index contributed by atoms with van der Waals surface area (Å²) in [6, 6.07) is 13.0. The first-order chi connectivity index (χ1) is 19.3. The Labute approximate surface area is 235 Å². The first-order valence-corrected chi connectivity index (χ1v) is 13.3. The van der Waals surface area contributed by atoms with Crippen LogP contribution in [0.2, 0.25) is 0 Å². The summed E-state index contributed by atoms with van der Waals surface area (Å²) in [5.74, 6) is 0.628. The summed E-state index contributed by atoms with van der Waals surface area (Å²) in [6.07, 6.45) is 10.7. The number of fused-ring (bicyclic) bond motifs is 3. The van der Waals surface area contributed by atoms with Crippen molar-refractivity contribution in [1.29, 1.82) is 0 Å². The molecule has 0 amide bonds. The molecule has 0 saturated heterocycles. The number of halogens is 1. The minimum atomic E-state index is -0.585. The van der Waals surface area contributed by atoms with Crippen LogP contribution in [0.5, 0.6) is 17.2 Å². The molecule has 0 spiro atoms. The van der Waals surface area contributed by atoms with Crippen molar-refractivity contribution >= 4 is 23.6 Å². The fourth-order valence-corrected chi connectivity index (χ4v) is 4.81. The topological polar surface area (TPSA) is 73.6 Å². The highest BCUT2D eigenvalue weighted by molar-refractivity contribution is 6.13. The number of ketones is 1. The van der Waals surface area contributed by atoms with E-state index in [1.54, 1.807) is 20.1 Å². The predicted molar refractivity (Wildman–Crippen MR) is 162 cm³/mol. The van der Waals surface area contributed by atoms with Gasteiger partial charge in [0.25, 0.3) is 0 Å². The molecule has 6 heteroatoms. The summed E-state index contributed by atoms with van der Waals surface area (Å²) in [5.41, 5.74) is 11.2. The molecule has 2 bridgehead atoms. The van der Waals surface area contributed by atoms with Crippen LogP contribution < -0.4 is 20.5 Å². The van der Waals surface area contributed by atoms with Crippen molar-refractivity contribution in [2.45, 2.75) is 33.6 Å². The number of hydrogen-bond donors (Lipinski definition) is 2. The Bertz CT molecular complexity index is 1550. The molecule has 0 fully saturated rings. The molecule has 1 aliphatic rings. The zero-order chi connectivity index (χ0) is 28.8. The van der Waals surface area contributed by atoms with Crippen LogP contribution in [0.3, 0.4) is 0 Å². The molecular formula is C34H35FN2O3. The van der Waals surface area contributed by atoms with Crippen LogP contribution in [0.25, 0.3) is 12.2 Å². The van der Waals surface area contributed by atoms with E-state index in [-0.39, 0.29) is 34.1 Å². The standard InChI is InChI=1S/C34H35FN2O3/c1-6-9-24-18-26-13-14-28(22(4)36)33(38)29-20-30(35)32(37-16-15-23-11-8-12-27(17-23)39-5)34(21(29)3)40-31(26)19-25(24)10-7-2/h6-12,14,17-20,37H,4,13,15-16,36H2,1-3,5H3/b9-6-,10-7-,28-14-. The molecule has 0 saturated carbocycles. The summed E-state index contributed by atoms with van der Waals surface area (Å²) in [6.45, 7) is 9.92. The molecule has 0 aromatic heterocycles. The van der Waals surface area contributed by atoms with Gasteiger partial charge in [0.15, 0.2) is 17.3 Å². The van der Waals surface area contributed by atoms with Gasteiger partial charge in [0.1, 0.15) is 17.2 Å². The highest BCUT2D eigenvalue weighted by atomic mass is 19.1. The first-order valence-electron chi connectivity index (χ1n) is 13.3. The molecule has 0 unspecified atom stereocenters. The van der Waals surface area contributed by atoms with E-state index >= 15 is 4.39 Å². The van der Waals surface area contributed by atoms with Crippen molar-refractivity contribution in [3.05, 3.63) is 118 Å². The Kier molecular flexibility index (Phi) is 8.90. The molecule has 3 aromatic rings. The van der Waals surface area contributed by atoms with E-state index in [0.29, 0.717) is 30.7 Å². The number of methoxy groups -OCH3 is 1. The van der Waals surface area contributed by atoms with E-state index in [0.717, 1.165) is 28.0 Å². The summed E-state index contributed by atoms with van der Waals surface area (Å²) < 4.78 is 27.6. The van der Waals surface area contributed by atoms with Crippen molar-refractivity contribution < 1.29 is 18.7 Å². The van der Waals surface area contributed by atoms with Crippen LogP contribution in [-0.2, 0) is 12.8 Å². The number of allylic oxidation sites excluding steroid dienone is 4. The molecule has 3 aromatic carbocycles. The maximum absolute atomic E-state index is 15.7. The summed E-state index contributed by atoms with van der Waals surface area (Å²) in [4.78, 5) is 13.5. The lowest BCUT2D eigenvalue weighted by molar-refractivity contribution is 0.103. The molecule has 5 nitrogen and oxygen atoms in total. The lowest BCUT2D eigenvalue weighted by atomic mass is 9.92. The summed E-state index contributed by atoms with van der Waals surface area (Å²) in [7, 11) is 1.62. The van der Waals surface area contributed by atoms with Gasteiger partial charge in [0.2, 0.25) is 0 Å².